The first-order valence-electron chi connectivity index (χ1n) is 5.37. The van der Waals surface area contributed by atoms with E-state index in [0.717, 1.165) is 6.42 Å². The summed E-state index contributed by atoms with van der Waals surface area (Å²) in [6.45, 7) is 13.5. The van der Waals surface area contributed by atoms with E-state index in [1.807, 2.05) is 52.0 Å². The molecule has 0 atom stereocenters. The number of pyridine rings is 1. The first-order valence-corrected chi connectivity index (χ1v) is 5.37. The van der Waals surface area contributed by atoms with Crippen molar-refractivity contribution in [3.05, 3.63) is 43.2 Å². The van der Waals surface area contributed by atoms with Gasteiger partial charge < -0.3 is 0 Å². The van der Waals surface area contributed by atoms with Gasteiger partial charge >= 0.3 is 0 Å². The number of aromatic nitrogens is 1. The Balaban J connectivity index is -0.000000134. The van der Waals surface area contributed by atoms with Gasteiger partial charge in [0, 0.05) is 12.4 Å². The summed E-state index contributed by atoms with van der Waals surface area (Å²) < 4.78 is 0. The Bertz CT molecular complexity index is 120. The normalized spacial score (nSPS) is 6.07. The molecule has 0 aliphatic carbocycles. The van der Waals surface area contributed by atoms with E-state index < -0.39 is 0 Å². The van der Waals surface area contributed by atoms with Crippen LogP contribution in [0.25, 0.3) is 0 Å². The highest BCUT2D eigenvalue weighted by atomic mass is 14.6. The van der Waals surface area contributed by atoms with Gasteiger partial charge in [-0.05, 0) is 18.6 Å². The summed E-state index contributed by atoms with van der Waals surface area (Å²) in [5.41, 5.74) is 0. The Kier molecular flexibility index (Phi) is 39.5. The third kappa shape index (κ3) is 30.7. The molecule has 14 heavy (non-hydrogen) atoms. The topological polar surface area (TPSA) is 12.9 Å². The Morgan fingerprint density at radius 2 is 1.36 bits per heavy atom. The summed E-state index contributed by atoms with van der Waals surface area (Å²) in [5, 5.41) is 0. The Morgan fingerprint density at radius 1 is 1.00 bits per heavy atom. The van der Waals surface area contributed by atoms with Crippen LogP contribution in [-0.2, 0) is 0 Å². The van der Waals surface area contributed by atoms with Crippen LogP contribution in [0.2, 0.25) is 0 Å². The largest absolute Gasteiger partial charge is 0.265 e. The van der Waals surface area contributed by atoms with E-state index in [1.165, 1.54) is 0 Å². The van der Waals surface area contributed by atoms with Crippen molar-refractivity contribution in [1.82, 2.24) is 4.98 Å². The number of hydrogen-bond acceptors (Lipinski definition) is 1. The summed E-state index contributed by atoms with van der Waals surface area (Å²) >= 11 is 0. The predicted molar refractivity (Wildman–Crippen MR) is 67.4 cm³/mol. The molecule has 0 aliphatic rings. The van der Waals surface area contributed by atoms with Crippen LogP contribution >= 0.6 is 0 Å². The van der Waals surface area contributed by atoms with Crippen LogP contribution in [0.1, 0.15) is 41.0 Å². The molecule has 82 valence electrons. The third-order valence-corrected chi connectivity index (χ3v) is 0.855. The molecule has 0 spiro atoms. The standard InChI is InChI=1S/C5H5N.C4H8.2C2H6/c1-2-4-6-5-3-1;1-3-4-2;2*1-2/h1-5H;3H,1,4H2,2H3;2*1-2H3. The lowest BCUT2D eigenvalue weighted by atomic mass is 10.5. The van der Waals surface area contributed by atoms with Crippen molar-refractivity contribution in [2.75, 3.05) is 0 Å². The molecule has 1 rings (SSSR count). The monoisotopic (exact) mass is 195 g/mol. The number of hydrogen-bond donors (Lipinski definition) is 0. The second-order valence-electron chi connectivity index (χ2n) is 1.72. The first-order chi connectivity index (χ1) is 6.91. The van der Waals surface area contributed by atoms with Crippen LogP contribution < -0.4 is 0 Å². The van der Waals surface area contributed by atoms with E-state index in [1.54, 1.807) is 12.4 Å². The summed E-state index contributed by atoms with van der Waals surface area (Å²) in [6.07, 6.45) is 6.46. The van der Waals surface area contributed by atoms with Gasteiger partial charge in [-0.25, -0.2) is 0 Å². The van der Waals surface area contributed by atoms with Crippen molar-refractivity contribution < 1.29 is 0 Å². The van der Waals surface area contributed by atoms with Crippen LogP contribution in [0.4, 0.5) is 0 Å². The zero-order chi connectivity index (χ0) is 11.7. The molecule has 1 aromatic rings. The molecule has 0 amide bonds. The minimum atomic E-state index is 1.08. The third-order valence-electron chi connectivity index (χ3n) is 0.855. The van der Waals surface area contributed by atoms with Crippen molar-refractivity contribution in [3.63, 3.8) is 0 Å². The van der Waals surface area contributed by atoms with E-state index in [0.29, 0.717) is 0 Å². The van der Waals surface area contributed by atoms with Gasteiger partial charge in [-0.3, -0.25) is 4.98 Å². The SMILES string of the molecule is C=CCC.CC.CC.c1ccncc1. The molecule has 0 aliphatic heterocycles. The van der Waals surface area contributed by atoms with Crippen LogP contribution in [0.15, 0.2) is 43.2 Å². The highest BCUT2D eigenvalue weighted by Gasteiger charge is 1.58. The molecule has 0 unspecified atom stereocenters. The minimum Gasteiger partial charge on any atom is -0.265 e. The van der Waals surface area contributed by atoms with E-state index in [9.17, 15) is 0 Å². The second-order valence-corrected chi connectivity index (χ2v) is 1.72. The lowest BCUT2D eigenvalue weighted by Crippen LogP contribution is -1.58. The molecular weight excluding hydrogens is 170 g/mol. The highest BCUT2D eigenvalue weighted by molar-refractivity contribution is 4.88. The van der Waals surface area contributed by atoms with E-state index in [2.05, 4.69) is 18.5 Å². The van der Waals surface area contributed by atoms with Crippen LogP contribution in [0, 0.1) is 0 Å². The van der Waals surface area contributed by atoms with Gasteiger partial charge in [0.2, 0.25) is 0 Å². The van der Waals surface area contributed by atoms with Gasteiger partial charge in [-0.1, -0.05) is 46.8 Å². The molecule has 1 heteroatoms. The molecule has 0 N–H and O–H groups in total. The average Bonchev–Trinajstić information content (AvgIpc) is 2.36. The van der Waals surface area contributed by atoms with Crippen LogP contribution in [-0.4, -0.2) is 4.98 Å². The molecule has 1 nitrogen and oxygen atoms in total. The van der Waals surface area contributed by atoms with E-state index >= 15 is 0 Å². The summed E-state index contributed by atoms with van der Waals surface area (Å²) in [7, 11) is 0. The van der Waals surface area contributed by atoms with Crippen molar-refractivity contribution in [2.24, 2.45) is 0 Å². The van der Waals surface area contributed by atoms with Crippen molar-refractivity contribution in [2.45, 2.75) is 41.0 Å². The quantitative estimate of drug-likeness (QED) is 0.591. The fourth-order valence-electron chi connectivity index (χ4n) is 0.313. The molecule has 0 fully saturated rings. The van der Waals surface area contributed by atoms with Crippen LogP contribution in [0.3, 0.4) is 0 Å². The molecular formula is C13H25N. The summed E-state index contributed by atoms with van der Waals surface area (Å²) in [5.74, 6) is 0. The maximum Gasteiger partial charge on any atom is 0.0267 e. The maximum atomic E-state index is 3.78. The molecule has 0 aromatic carbocycles. The second kappa shape index (κ2) is 29.7. The average molecular weight is 195 g/mol. The lowest BCUT2D eigenvalue weighted by Gasteiger charge is -1.70. The Hall–Kier alpha value is -1.11. The van der Waals surface area contributed by atoms with Gasteiger partial charge in [0.1, 0.15) is 0 Å². The Labute approximate surface area is 89.9 Å². The number of rotatable bonds is 1. The molecule has 0 saturated carbocycles. The molecule has 1 aromatic heterocycles. The minimum absolute atomic E-state index is 1.08. The van der Waals surface area contributed by atoms with Gasteiger partial charge in [0.25, 0.3) is 0 Å². The Morgan fingerprint density at radius 3 is 1.43 bits per heavy atom. The van der Waals surface area contributed by atoms with Crippen LogP contribution in [0.5, 0.6) is 0 Å². The first kappa shape index (κ1) is 18.6. The highest BCUT2D eigenvalue weighted by Crippen LogP contribution is 1.73. The molecule has 0 saturated heterocycles. The van der Waals surface area contributed by atoms with Crippen molar-refractivity contribution in [3.8, 4) is 0 Å². The fraction of sp³-hybridized carbons (Fsp3) is 0.462. The molecule has 1 heterocycles. The van der Waals surface area contributed by atoms with Gasteiger partial charge in [0.15, 0.2) is 0 Å². The maximum absolute atomic E-state index is 3.78. The van der Waals surface area contributed by atoms with Gasteiger partial charge in [-0.2, -0.15) is 0 Å². The smallest absolute Gasteiger partial charge is 0.0267 e. The van der Waals surface area contributed by atoms with Gasteiger partial charge in [-0.15, -0.1) is 6.58 Å². The van der Waals surface area contributed by atoms with Gasteiger partial charge in [0.05, 0.1) is 0 Å². The fourth-order valence-corrected chi connectivity index (χ4v) is 0.313. The van der Waals surface area contributed by atoms with E-state index in [4.69, 9.17) is 0 Å². The predicted octanol–water partition coefficient (Wildman–Crippen LogP) is 4.72. The zero-order valence-corrected chi connectivity index (χ0v) is 10.3. The summed E-state index contributed by atoms with van der Waals surface area (Å²) in [4.78, 5) is 3.78. The lowest BCUT2D eigenvalue weighted by molar-refractivity contribution is 1.23. The van der Waals surface area contributed by atoms with E-state index in [-0.39, 0.29) is 0 Å². The molecule has 0 bridgehead atoms. The zero-order valence-electron chi connectivity index (χ0n) is 10.3. The summed E-state index contributed by atoms with van der Waals surface area (Å²) in [6, 6.07) is 5.72. The van der Waals surface area contributed by atoms with Crippen molar-refractivity contribution in [1.29, 1.82) is 0 Å². The van der Waals surface area contributed by atoms with Crippen molar-refractivity contribution >= 4 is 0 Å². The number of allylic oxidation sites excluding steroid dienone is 1. The molecule has 0 radical (unpaired) electrons. The number of nitrogens with zero attached hydrogens (tertiary/aromatic N) is 1.